The number of hydrogen-bond donors (Lipinski definition) is 0. The van der Waals surface area contributed by atoms with E-state index in [2.05, 4.69) is 9.59 Å². The Hall–Kier alpha value is -1.82. The Labute approximate surface area is 152 Å². The van der Waals surface area contributed by atoms with E-state index in [1.54, 1.807) is 6.07 Å². The van der Waals surface area contributed by atoms with E-state index in [0.29, 0.717) is 10.8 Å². The van der Waals surface area contributed by atoms with Crippen molar-refractivity contribution in [1.29, 1.82) is 0 Å². The molecule has 2 aromatic rings. The molecule has 1 saturated heterocycles. The van der Waals surface area contributed by atoms with Crippen LogP contribution in [0.2, 0.25) is 0 Å². The van der Waals surface area contributed by atoms with Crippen LogP contribution in [0.15, 0.2) is 24.3 Å². The van der Waals surface area contributed by atoms with Gasteiger partial charge in [-0.05, 0) is 60.7 Å². The van der Waals surface area contributed by atoms with Crippen LogP contribution in [-0.2, 0) is 6.42 Å². The zero-order valence-electron chi connectivity index (χ0n) is 14.7. The minimum absolute atomic E-state index is 0.0503. The second-order valence-corrected chi connectivity index (χ2v) is 7.79. The van der Waals surface area contributed by atoms with Crippen LogP contribution in [0.4, 0.5) is 4.39 Å². The minimum atomic E-state index is -0.136. The zero-order valence-corrected chi connectivity index (χ0v) is 15.6. The molecule has 1 aromatic heterocycles. The van der Waals surface area contributed by atoms with Gasteiger partial charge in [-0.15, -0.1) is 5.10 Å². The first-order valence-corrected chi connectivity index (χ1v) is 9.68. The summed E-state index contributed by atoms with van der Waals surface area (Å²) in [4.78, 5) is 15.5. The lowest BCUT2D eigenvalue weighted by Gasteiger charge is -2.32. The highest BCUT2D eigenvalue weighted by molar-refractivity contribution is 7.08. The number of likely N-dealkylation sites (tertiary alicyclic amines) is 1. The quantitative estimate of drug-likeness (QED) is 0.798. The fourth-order valence-electron chi connectivity index (χ4n) is 3.41. The van der Waals surface area contributed by atoms with Crippen LogP contribution in [-0.4, -0.2) is 33.5 Å². The molecule has 1 atom stereocenters. The lowest BCUT2D eigenvalue weighted by Crippen LogP contribution is -2.40. The first-order valence-electron chi connectivity index (χ1n) is 8.91. The number of amides is 1. The molecule has 1 aliphatic heterocycles. The van der Waals surface area contributed by atoms with E-state index in [1.807, 2.05) is 30.9 Å². The molecule has 0 aliphatic carbocycles. The molecule has 6 heteroatoms. The predicted molar refractivity (Wildman–Crippen MR) is 97.3 cm³/mol. The second kappa shape index (κ2) is 8.04. The van der Waals surface area contributed by atoms with Gasteiger partial charge in [0.05, 0.1) is 5.69 Å². The number of carbonyl (C=O) groups excluding carboxylic acids is 1. The van der Waals surface area contributed by atoms with Crippen molar-refractivity contribution in [3.05, 3.63) is 46.2 Å². The number of piperidine rings is 1. The molecule has 2 heterocycles. The summed E-state index contributed by atoms with van der Waals surface area (Å²) in [6.07, 6.45) is 3.72. The summed E-state index contributed by atoms with van der Waals surface area (Å²) in [7, 11) is 0. The van der Waals surface area contributed by atoms with Crippen molar-refractivity contribution in [2.24, 2.45) is 5.92 Å². The van der Waals surface area contributed by atoms with E-state index in [1.165, 1.54) is 17.6 Å². The SMILES string of the molecule is CC(C)c1nnsc1C(=O)N1CCC[C@H](CCc2ccccc2F)C1. The molecule has 25 heavy (non-hydrogen) atoms. The highest BCUT2D eigenvalue weighted by atomic mass is 32.1. The lowest BCUT2D eigenvalue weighted by atomic mass is 9.91. The number of aromatic nitrogens is 2. The first kappa shape index (κ1) is 18.0. The van der Waals surface area contributed by atoms with Crippen LogP contribution in [0.1, 0.15) is 60.0 Å². The van der Waals surface area contributed by atoms with Crippen LogP contribution < -0.4 is 0 Å². The Morgan fingerprint density at radius 2 is 2.20 bits per heavy atom. The summed E-state index contributed by atoms with van der Waals surface area (Å²) in [6, 6.07) is 6.95. The standard InChI is InChI=1S/C19H24FN3OS/c1-13(2)17-18(25-22-21-17)19(24)23-11-5-6-14(12-23)9-10-15-7-3-4-8-16(15)20/h3-4,7-8,13-14H,5-6,9-12H2,1-2H3/t14-/m1/s1. The van der Waals surface area contributed by atoms with Gasteiger partial charge in [-0.3, -0.25) is 4.79 Å². The summed E-state index contributed by atoms with van der Waals surface area (Å²) < 4.78 is 17.7. The molecule has 4 nitrogen and oxygen atoms in total. The number of rotatable bonds is 5. The van der Waals surface area contributed by atoms with Gasteiger partial charge in [0.15, 0.2) is 0 Å². The van der Waals surface area contributed by atoms with Gasteiger partial charge < -0.3 is 4.90 Å². The van der Waals surface area contributed by atoms with Gasteiger partial charge in [0, 0.05) is 13.1 Å². The third kappa shape index (κ3) is 4.24. The molecule has 0 spiro atoms. The van der Waals surface area contributed by atoms with Crippen LogP contribution in [0.25, 0.3) is 0 Å². The predicted octanol–water partition coefficient (Wildman–Crippen LogP) is 4.29. The lowest BCUT2D eigenvalue weighted by molar-refractivity contribution is 0.0671. The summed E-state index contributed by atoms with van der Waals surface area (Å²) in [6.45, 7) is 5.58. The third-order valence-electron chi connectivity index (χ3n) is 4.84. The molecule has 1 aliphatic rings. The average Bonchev–Trinajstić information content (AvgIpc) is 3.11. The maximum atomic E-state index is 13.8. The van der Waals surface area contributed by atoms with E-state index < -0.39 is 0 Å². The van der Waals surface area contributed by atoms with E-state index in [9.17, 15) is 9.18 Å². The topological polar surface area (TPSA) is 46.1 Å². The monoisotopic (exact) mass is 361 g/mol. The second-order valence-electron chi connectivity index (χ2n) is 7.03. The van der Waals surface area contributed by atoms with E-state index in [0.717, 1.165) is 50.0 Å². The minimum Gasteiger partial charge on any atom is -0.338 e. The Morgan fingerprint density at radius 1 is 1.40 bits per heavy atom. The van der Waals surface area contributed by atoms with Crippen molar-refractivity contribution in [2.75, 3.05) is 13.1 Å². The summed E-state index contributed by atoms with van der Waals surface area (Å²) in [5.41, 5.74) is 1.56. The van der Waals surface area contributed by atoms with Gasteiger partial charge in [0.25, 0.3) is 5.91 Å². The molecular weight excluding hydrogens is 337 g/mol. The molecule has 134 valence electrons. The van der Waals surface area contributed by atoms with E-state index in [4.69, 9.17) is 0 Å². The van der Waals surface area contributed by atoms with Gasteiger partial charge in [0.1, 0.15) is 10.7 Å². The number of carbonyl (C=O) groups is 1. The van der Waals surface area contributed by atoms with Gasteiger partial charge in [0.2, 0.25) is 0 Å². The van der Waals surface area contributed by atoms with Crippen LogP contribution in [0, 0.1) is 11.7 Å². The van der Waals surface area contributed by atoms with Crippen molar-refractivity contribution < 1.29 is 9.18 Å². The zero-order chi connectivity index (χ0) is 17.8. The van der Waals surface area contributed by atoms with Crippen molar-refractivity contribution >= 4 is 17.4 Å². The van der Waals surface area contributed by atoms with Crippen LogP contribution in [0.3, 0.4) is 0 Å². The molecule has 0 N–H and O–H groups in total. The molecule has 1 fully saturated rings. The Morgan fingerprint density at radius 3 is 2.96 bits per heavy atom. The van der Waals surface area contributed by atoms with Crippen molar-refractivity contribution in [2.45, 2.75) is 45.4 Å². The van der Waals surface area contributed by atoms with E-state index in [-0.39, 0.29) is 17.6 Å². The molecule has 0 unspecified atom stereocenters. The van der Waals surface area contributed by atoms with Gasteiger partial charge >= 0.3 is 0 Å². The fourth-order valence-corrected chi connectivity index (χ4v) is 4.20. The molecular formula is C19H24FN3OS. The number of halogens is 1. The Bertz CT molecular complexity index is 731. The molecule has 0 bridgehead atoms. The molecule has 0 saturated carbocycles. The highest BCUT2D eigenvalue weighted by Crippen LogP contribution is 2.26. The number of aryl methyl sites for hydroxylation is 1. The van der Waals surface area contributed by atoms with Crippen molar-refractivity contribution in [3.63, 3.8) is 0 Å². The third-order valence-corrected chi connectivity index (χ3v) is 5.57. The van der Waals surface area contributed by atoms with Crippen LogP contribution in [0.5, 0.6) is 0 Å². The average molecular weight is 361 g/mol. The molecule has 3 rings (SSSR count). The largest absolute Gasteiger partial charge is 0.338 e. The Balaban J connectivity index is 1.62. The van der Waals surface area contributed by atoms with Gasteiger partial charge in [-0.25, -0.2) is 4.39 Å². The van der Waals surface area contributed by atoms with Gasteiger partial charge in [-0.1, -0.05) is 36.5 Å². The molecule has 1 aromatic carbocycles. The first-order chi connectivity index (χ1) is 12.1. The van der Waals surface area contributed by atoms with E-state index >= 15 is 0 Å². The normalized spacial score (nSPS) is 17.9. The summed E-state index contributed by atoms with van der Waals surface area (Å²) in [5.74, 6) is 0.526. The van der Waals surface area contributed by atoms with Gasteiger partial charge in [-0.2, -0.15) is 0 Å². The smallest absolute Gasteiger partial charge is 0.267 e. The molecule has 1 amide bonds. The number of benzene rings is 1. The van der Waals surface area contributed by atoms with Crippen molar-refractivity contribution in [3.8, 4) is 0 Å². The Kier molecular flexibility index (Phi) is 5.78. The number of nitrogens with zero attached hydrogens (tertiary/aromatic N) is 3. The number of hydrogen-bond acceptors (Lipinski definition) is 4. The fraction of sp³-hybridized carbons (Fsp3) is 0.526. The maximum Gasteiger partial charge on any atom is 0.267 e. The summed E-state index contributed by atoms with van der Waals surface area (Å²) in [5, 5.41) is 4.12. The van der Waals surface area contributed by atoms with Crippen LogP contribution >= 0.6 is 11.5 Å². The van der Waals surface area contributed by atoms with Crippen molar-refractivity contribution in [1.82, 2.24) is 14.5 Å². The highest BCUT2D eigenvalue weighted by Gasteiger charge is 2.28. The maximum absolute atomic E-state index is 13.8. The molecule has 0 radical (unpaired) electrons. The summed E-state index contributed by atoms with van der Waals surface area (Å²) >= 11 is 1.19.